The number of carbonyl (C=O) groups excluding carboxylic acids is 1. The van der Waals surface area contributed by atoms with E-state index in [4.69, 9.17) is 0 Å². The number of benzene rings is 2. The number of hydrogen-bond donors (Lipinski definition) is 2. The molecule has 2 aromatic rings. The standard InChI is InChI=1S/C19H21NO2/c21-17-10-5-4-7-15(17)11-12-18(22)20-19(13-6-14-19)16-8-2-1-3-9-16/h1-5,7-10,21H,6,11-14H2,(H,20,22). The fourth-order valence-electron chi connectivity index (χ4n) is 3.07. The summed E-state index contributed by atoms with van der Waals surface area (Å²) in [4.78, 5) is 12.3. The van der Waals surface area contributed by atoms with Gasteiger partial charge in [0, 0.05) is 6.42 Å². The molecule has 2 N–H and O–H groups in total. The maximum absolute atomic E-state index is 12.3. The summed E-state index contributed by atoms with van der Waals surface area (Å²) in [5.74, 6) is 0.309. The Labute approximate surface area is 131 Å². The van der Waals surface area contributed by atoms with E-state index in [9.17, 15) is 9.90 Å². The van der Waals surface area contributed by atoms with Crippen LogP contribution in [0.15, 0.2) is 54.6 Å². The molecule has 114 valence electrons. The highest BCUT2D eigenvalue weighted by molar-refractivity contribution is 5.77. The molecule has 0 heterocycles. The summed E-state index contributed by atoms with van der Waals surface area (Å²) >= 11 is 0. The lowest BCUT2D eigenvalue weighted by atomic mass is 9.71. The maximum Gasteiger partial charge on any atom is 0.221 e. The summed E-state index contributed by atoms with van der Waals surface area (Å²) in [5.41, 5.74) is 1.83. The highest BCUT2D eigenvalue weighted by Gasteiger charge is 2.39. The van der Waals surface area contributed by atoms with E-state index in [0.717, 1.165) is 24.8 Å². The van der Waals surface area contributed by atoms with Crippen LogP contribution < -0.4 is 5.32 Å². The predicted octanol–water partition coefficient (Wildman–Crippen LogP) is 3.52. The quantitative estimate of drug-likeness (QED) is 0.886. The van der Waals surface area contributed by atoms with Crippen molar-refractivity contribution in [3.63, 3.8) is 0 Å². The first-order valence-corrected chi connectivity index (χ1v) is 7.83. The van der Waals surface area contributed by atoms with E-state index >= 15 is 0 Å². The fourth-order valence-corrected chi connectivity index (χ4v) is 3.07. The Kier molecular flexibility index (Phi) is 4.14. The smallest absolute Gasteiger partial charge is 0.221 e. The maximum atomic E-state index is 12.3. The Hall–Kier alpha value is -2.29. The van der Waals surface area contributed by atoms with Crippen LogP contribution in [0, 0.1) is 0 Å². The SMILES string of the molecule is O=C(CCc1ccccc1O)NC1(c2ccccc2)CCC1. The summed E-state index contributed by atoms with van der Waals surface area (Å²) in [6.07, 6.45) is 4.10. The highest BCUT2D eigenvalue weighted by Crippen LogP contribution is 2.41. The van der Waals surface area contributed by atoms with Crippen LogP contribution in [0.1, 0.15) is 36.8 Å². The number of aromatic hydroxyl groups is 1. The molecule has 0 saturated heterocycles. The first-order chi connectivity index (χ1) is 10.7. The van der Waals surface area contributed by atoms with Crippen molar-refractivity contribution in [3.8, 4) is 5.75 Å². The molecular formula is C19H21NO2. The van der Waals surface area contributed by atoms with Gasteiger partial charge < -0.3 is 10.4 Å². The molecule has 2 aromatic carbocycles. The van der Waals surface area contributed by atoms with Crippen molar-refractivity contribution < 1.29 is 9.90 Å². The number of hydrogen-bond acceptors (Lipinski definition) is 2. The minimum Gasteiger partial charge on any atom is -0.508 e. The Morgan fingerprint density at radius 3 is 2.36 bits per heavy atom. The van der Waals surface area contributed by atoms with E-state index in [1.807, 2.05) is 30.3 Å². The summed E-state index contributed by atoms with van der Waals surface area (Å²) in [5, 5.41) is 13.0. The fraction of sp³-hybridized carbons (Fsp3) is 0.316. The van der Waals surface area contributed by atoms with Crippen molar-refractivity contribution in [2.75, 3.05) is 0 Å². The lowest BCUT2D eigenvalue weighted by Gasteiger charge is -2.43. The van der Waals surface area contributed by atoms with Gasteiger partial charge in [0.25, 0.3) is 0 Å². The number of para-hydroxylation sites is 1. The van der Waals surface area contributed by atoms with Gasteiger partial charge in [-0.3, -0.25) is 4.79 Å². The lowest BCUT2D eigenvalue weighted by Crippen LogP contribution is -2.50. The molecule has 22 heavy (non-hydrogen) atoms. The van der Waals surface area contributed by atoms with Gasteiger partial charge in [-0.1, -0.05) is 48.5 Å². The lowest BCUT2D eigenvalue weighted by molar-refractivity contribution is -0.124. The van der Waals surface area contributed by atoms with Crippen LogP contribution in [0.5, 0.6) is 5.75 Å². The van der Waals surface area contributed by atoms with Crippen molar-refractivity contribution in [3.05, 3.63) is 65.7 Å². The van der Waals surface area contributed by atoms with E-state index in [2.05, 4.69) is 17.4 Å². The summed E-state index contributed by atoms with van der Waals surface area (Å²) in [7, 11) is 0. The van der Waals surface area contributed by atoms with Gasteiger partial charge >= 0.3 is 0 Å². The van der Waals surface area contributed by atoms with Crippen LogP contribution >= 0.6 is 0 Å². The third kappa shape index (κ3) is 2.98. The minimum atomic E-state index is -0.183. The zero-order valence-corrected chi connectivity index (χ0v) is 12.6. The molecule has 0 bridgehead atoms. The number of phenols is 1. The van der Waals surface area contributed by atoms with Crippen LogP contribution in [-0.4, -0.2) is 11.0 Å². The second-order valence-corrected chi connectivity index (χ2v) is 5.98. The van der Waals surface area contributed by atoms with E-state index in [0.29, 0.717) is 12.8 Å². The average molecular weight is 295 g/mol. The second-order valence-electron chi connectivity index (χ2n) is 5.98. The van der Waals surface area contributed by atoms with E-state index < -0.39 is 0 Å². The van der Waals surface area contributed by atoms with Crippen LogP contribution in [0.2, 0.25) is 0 Å². The molecule has 0 aliphatic heterocycles. The van der Waals surface area contributed by atoms with Gasteiger partial charge in [0.1, 0.15) is 5.75 Å². The number of rotatable bonds is 5. The summed E-state index contributed by atoms with van der Waals surface area (Å²) in [6, 6.07) is 17.4. The number of aryl methyl sites for hydroxylation is 1. The Balaban J connectivity index is 1.63. The Morgan fingerprint density at radius 2 is 1.73 bits per heavy atom. The minimum absolute atomic E-state index is 0.0480. The molecule has 1 aliphatic carbocycles. The van der Waals surface area contributed by atoms with Gasteiger partial charge in [0.2, 0.25) is 5.91 Å². The first-order valence-electron chi connectivity index (χ1n) is 7.83. The summed E-state index contributed by atoms with van der Waals surface area (Å²) in [6.45, 7) is 0. The van der Waals surface area contributed by atoms with Crippen LogP contribution in [0.3, 0.4) is 0 Å². The zero-order valence-electron chi connectivity index (χ0n) is 12.6. The van der Waals surface area contributed by atoms with Crippen LogP contribution in [-0.2, 0) is 16.8 Å². The molecular weight excluding hydrogens is 274 g/mol. The van der Waals surface area contributed by atoms with Gasteiger partial charge in [-0.15, -0.1) is 0 Å². The molecule has 0 unspecified atom stereocenters. The topological polar surface area (TPSA) is 49.3 Å². The zero-order chi connectivity index (χ0) is 15.4. The van der Waals surface area contributed by atoms with E-state index in [1.54, 1.807) is 12.1 Å². The molecule has 1 aliphatic rings. The van der Waals surface area contributed by atoms with Crippen LogP contribution in [0.4, 0.5) is 0 Å². The number of phenolic OH excluding ortho intramolecular Hbond substituents is 1. The van der Waals surface area contributed by atoms with Crippen molar-refractivity contribution in [2.45, 2.75) is 37.6 Å². The average Bonchev–Trinajstić information content (AvgIpc) is 2.51. The second kappa shape index (κ2) is 6.22. The molecule has 0 radical (unpaired) electrons. The first kappa shape index (κ1) is 14.6. The van der Waals surface area contributed by atoms with Crippen molar-refractivity contribution in [1.82, 2.24) is 5.32 Å². The van der Waals surface area contributed by atoms with Crippen molar-refractivity contribution in [1.29, 1.82) is 0 Å². The van der Waals surface area contributed by atoms with Crippen molar-refractivity contribution in [2.24, 2.45) is 0 Å². The summed E-state index contributed by atoms with van der Waals surface area (Å²) < 4.78 is 0. The molecule has 3 nitrogen and oxygen atoms in total. The molecule has 1 amide bonds. The largest absolute Gasteiger partial charge is 0.508 e. The molecule has 3 rings (SSSR count). The normalized spacial score (nSPS) is 15.8. The molecule has 0 aromatic heterocycles. The Morgan fingerprint density at radius 1 is 1.05 bits per heavy atom. The number of carbonyl (C=O) groups is 1. The highest BCUT2D eigenvalue weighted by atomic mass is 16.3. The number of nitrogens with one attached hydrogen (secondary N) is 1. The molecule has 0 atom stereocenters. The third-order valence-corrected chi connectivity index (χ3v) is 4.53. The van der Waals surface area contributed by atoms with Crippen molar-refractivity contribution >= 4 is 5.91 Å². The molecule has 1 saturated carbocycles. The monoisotopic (exact) mass is 295 g/mol. The van der Waals surface area contributed by atoms with Gasteiger partial charge in [-0.05, 0) is 42.9 Å². The van der Waals surface area contributed by atoms with Gasteiger partial charge in [-0.2, -0.15) is 0 Å². The predicted molar refractivity (Wildman–Crippen MR) is 86.5 cm³/mol. The van der Waals surface area contributed by atoms with Gasteiger partial charge in [-0.25, -0.2) is 0 Å². The van der Waals surface area contributed by atoms with E-state index in [1.165, 1.54) is 5.56 Å². The molecule has 1 fully saturated rings. The Bertz CT molecular complexity index is 647. The molecule has 0 spiro atoms. The van der Waals surface area contributed by atoms with Gasteiger partial charge in [0.05, 0.1) is 5.54 Å². The van der Waals surface area contributed by atoms with Crippen LogP contribution in [0.25, 0.3) is 0 Å². The third-order valence-electron chi connectivity index (χ3n) is 4.53. The van der Waals surface area contributed by atoms with E-state index in [-0.39, 0.29) is 17.2 Å². The number of amides is 1. The van der Waals surface area contributed by atoms with Gasteiger partial charge in [0.15, 0.2) is 0 Å². The molecule has 3 heteroatoms.